The molecule has 0 bridgehead atoms. The maximum absolute atomic E-state index is 13.0. The predicted molar refractivity (Wildman–Crippen MR) is 179 cm³/mol. The number of aliphatic hydroxyl groups is 1. The van der Waals surface area contributed by atoms with Gasteiger partial charge in [0.15, 0.2) is 11.4 Å². The van der Waals surface area contributed by atoms with Gasteiger partial charge in [0.25, 0.3) is 0 Å². The zero-order valence-corrected chi connectivity index (χ0v) is 28.4. The average molecular weight is 710 g/mol. The zero-order chi connectivity index (χ0) is 35.4. The molecule has 2 N–H and O–H groups in total. The highest BCUT2D eigenvalue weighted by molar-refractivity contribution is 7.99. The van der Waals surface area contributed by atoms with E-state index in [0.717, 1.165) is 38.5 Å². The third-order valence-electron chi connectivity index (χ3n) is 9.11. The van der Waals surface area contributed by atoms with Crippen molar-refractivity contribution in [1.29, 1.82) is 0 Å². The quantitative estimate of drug-likeness (QED) is 0.201. The minimum atomic E-state index is -5.03. The number of aliphatic hydroxyl groups excluding tert-OH is 1. The number of halogens is 3. The molecule has 0 spiro atoms. The summed E-state index contributed by atoms with van der Waals surface area (Å²) in [6, 6.07) is 21.9. The van der Waals surface area contributed by atoms with Gasteiger partial charge in [-0.3, -0.25) is 9.59 Å². The third kappa shape index (κ3) is 8.04. The van der Waals surface area contributed by atoms with E-state index in [9.17, 15) is 27.9 Å². The summed E-state index contributed by atoms with van der Waals surface area (Å²) >= 11 is 1.56. The normalized spacial score (nSPS) is 22.4. The van der Waals surface area contributed by atoms with Gasteiger partial charge in [0.05, 0.1) is 18.8 Å². The highest BCUT2D eigenvalue weighted by atomic mass is 32.2. The highest BCUT2D eigenvalue weighted by Crippen LogP contribution is 2.43. The van der Waals surface area contributed by atoms with Crippen LogP contribution in [-0.4, -0.2) is 67.2 Å². The average Bonchev–Trinajstić information content (AvgIpc) is 3.79. The first-order chi connectivity index (χ1) is 24.0. The number of alkyl halides is 3. The molecule has 264 valence electrons. The number of benzene rings is 3. The number of rotatable bonds is 10. The fourth-order valence-corrected chi connectivity index (χ4v) is 7.40. The Kier molecular flexibility index (Phi) is 10.9. The SMILES string of the molecule is C[C@H]1[C@@H](CSc2nncn2C)O[C@@H](c2cccc(-c3cccc(CNC(=O)[C@@H]4CCCN4C(=O)C(F)(F)F)c3)c2)O[C@H]1c1ccc(CO)cc1. The number of amides is 2. The van der Waals surface area contributed by atoms with Gasteiger partial charge in [-0.1, -0.05) is 79.3 Å². The second-order valence-electron chi connectivity index (χ2n) is 12.6. The summed E-state index contributed by atoms with van der Waals surface area (Å²) in [6.07, 6.45) is -4.03. The number of aromatic nitrogens is 3. The first-order valence-corrected chi connectivity index (χ1v) is 17.3. The molecule has 50 heavy (non-hydrogen) atoms. The molecule has 6 rings (SSSR count). The number of nitrogens with zero attached hydrogens (tertiary/aromatic N) is 4. The van der Waals surface area contributed by atoms with Crippen LogP contribution in [0, 0.1) is 5.92 Å². The van der Waals surface area contributed by atoms with Crippen LogP contribution in [0.1, 0.15) is 54.4 Å². The van der Waals surface area contributed by atoms with Crippen molar-refractivity contribution in [2.24, 2.45) is 13.0 Å². The fourth-order valence-electron chi connectivity index (χ4n) is 6.35. The minimum Gasteiger partial charge on any atom is -0.392 e. The summed E-state index contributed by atoms with van der Waals surface area (Å²) in [4.78, 5) is 25.3. The minimum absolute atomic E-state index is 0.00933. The summed E-state index contributed by atoms with van der Waals surface area (Å²) in [5.74, 6) is -1.99. The van der Waals surface area contributed by atoms with E-state index in [1.807, 2.05) is 84.4 Å². The molecule has 0 radical (unpaired) electrons. The van der Waals surface area contributed by atoms with E-state index < -0.39 is 30.3 Å². The zero-order valence-electron chi connectivity index (χ0n) is 27.5. The molecular formula is C36H38F3N5O5S. The summed E-state index contributed by atoms with van der Waals surface area (Å²) < 4.78 is 54.3. The second-order valence-corrected chi connectivity index (χ2v) is 13.5. The van der Waals surface area contributed by atoms with E-state index in [-0.39, 0.29) is 44.2 Å². The smallest absolute Gasteiger partial charge is 0.392 e. The third-order valence-corrected chi connectivity index (χ3v) is 10.2. The molecule has 3 aromatic carbocycles. The lowest BCUT2D eigenvalue weighted by Crippen LogP contribution is -2.50. The number of thioether (sulfide) groups is 1. The van der Waals surface area contributed by atoms with Crippen LogP contribution >= 0.6 is 11.8 Å². The van der Waals surface area contributed by atoms with E-state index in [1.54, 1.807) is 18.1 Å². The van der Waals surface area contributed by atoms with Gasteiger partial charge in [0, 0.05) is 37.4 Å². The Morgan fingerprint density at radius 2 is 1.74 bits per heavy atom. The van der Waals surface area contributed by atoms with Gasteiger partial charge < -0.3 is 29.4 Å². The van der Waals surface area contributed by atoms with Gasteiger partial charge in [-0.05, 0) is 52.8 Å². The molecule has 10 nitrogen and oxygen atoms in total. The van der Waals surface area contributed by atoms with Crippen molar-refractivity contribution < 1.29 is 37.3 Å². The van der Waals surface area contributed by atoms with E-state index in [1.165, 1.54) is 0 Å². The summed E-state index contributed by atoms with van der Waals surface area (Å²) in [5, 5.41) is 21.2. The number of likely N-dealkylation sites (tertiary alicyclic amines) is 1. The predicted octanol–water partition coefficient (Wildman–Crippen LogP) is 5.73. The molecule has 5 atom stereocenters. The number of aryl methyl sites for hydroxylation is 1. The van der Waals surface area contributed by atoms with Gasteiger partial charge in [-0.15, -0.1) is 10.2 Å². The lowest BCUT2D eigenvalue weighted by molar-refractivity contribution is -0.268. The standard InChI is InChI=1S/C36H38F3N5O5S/c1-22-30(20-50-35-42-41-21-43(35)2)48-33(49-31(22)25-13-11-23(19-45)12-14-25)28-9-4-8-27(17-28)26-7-3-6-24(16-26)18-40-32(46)29-10-5-15-44(29)34(47)36(37,38)39/h3-4,6-9,11-14,16-17,21-22,29-31,33,45H,5,10,15,18-20H2,1-2H3,(H,40,46)/t22-,29-,30+,31+,33+/m0/s1. The van der Waals surface area contributed by atoms with Crippen LogP contribution in [-0.2, 0) is 39.3 Å². The van der Waals surface area contributed by atoms with E-state index in [2.05, 4.69) is 22.4 Å². The van der Waals surface area contributed by atoms with Gasteiger partial charge in [-0.2, -0.15) is 13.2 Å². The van der Waals surface area contributed by atoms with E-state index in [4.69, 9.17) is 9.47 Å². The van der Waals surface area contributed by atoms with Crippen LogP contribution in [0.25, 0.3) is 11.1 Å². The van der Waals surface area contributed by atoms with Crippen molar-refractivity contribution in [3.63, 3.8) is 0 Å². The maximum atomic E-state index is 13.0. The lowest BCUT2D eigenvalue weighted by atomic mass is 9.91. The van der Waals surface area contributed by atoms with Crippen molar-refractivity contribution in [2.45, 2.75) is 68.8 Å². The Hall–Kier alpha value is -4.24. The van der Waals surface area contributed by atoms with E-state index in [0.29, 0.717) is 17.1 Å². The molecule has 14 heteroatoms. The highest BCUT2D eigenvalue weighted by Gasteiger charge is 2.47. The van der Waals surface area contributed by atoms with Gasteiger partial charge in [-0.25, -0.2) is 0 Å². The molecule has 2 aliphatic rings. The molecule has 2 fully saturated rings. The molecule has 2 amide bonds. The van der Waals surface area contributed by atoms with Crippen molar-refractivity contribution >= 4 is 23.6 Å². The lowest BCUT2D eigenvalue weighted by Gasteiger charge is -2.41. The molecule has 0 unspecified atom stereocenters. The van der Waals surface area contributed by atoms with Gasteiger partial charge >= 0.3 is 12.1 Å². The molecule has 4 aromatic rings. The Morgan fingerprint density at radius 3 is 2.44 bits per heavy atom. The fraction of sp³-hybridized carbons (Fsp3) is 0.389. The second kappa shape index (κ2) is 15.3. The van der Waals surface area contributed by atoms with Crippen LogP contribution in [0.3, 0.4) is 0 Å². The number of ether oxygens (including phenoxy) is 2. The topological polar surface area (TPSA) is 119 Å². The number of hydrogen-bond donors (Lipinski definition) is 2. The summed E-state index contributed by atoms with van der Waals surface area (Å²) in [7, 11) is 1.89. The largest absolute Gasteiger partial charge is 0.471 e. The van der Waals surface area contributed by atoms with Crippen molar-refractivity contribution in [3.05, 3.63) is 101 Å². The van der Waals surface area contributed by atoms with Crippen LogP contribution in [0.2, 0.25) is 0 Å². The Balaban J connectivity index is 1.18. The summed E-state index contributed by atoms with van der Waals surface area (Å²) in [6.45, 7) is 2.03. The van der Waals surface area contributed by atoms with Crippen molar-refractivity contribution in [1.82, 2.24) is 25.0 Å². The Bertz CT molecular complexity index is 1800. The first-order valence-electron chi connectivity index (χ1n) is 16.3. The van der Waals surface area contributed by atoms with Crippen molar-refractivity contribution in [3.8, 4) is 11.1 Å². The Morgan fingerprint density at radius 1 is 1.00 bits per heavy atom. The maximum Gasteiger partial charge on any atom is 0.471 e. The van der Waals surface area contributed by atoms with E-state index >= 15 is 0 Å². The van der Waals surface area contributed by atoms with Gasteiger partial charge in [0.2, 0.25) is 5.91 Å². The molecule has 0 saturated carbocycles. The molecule has 2 aliphatic heterocycles. The van der Waals surface area contributed by atoms with Crippen LogP contribution < -0.4 is 5.32 Å². The number of carbonyl (C=O) groups is 2. The molecule has 0 aliphatic carbocycles. The van der Waals surface area contributed by atoms with Crippen molar-refractivity contribution in [2.75, 3.05) is 12.3 Å². The first kappa shape index (κ1) is 35.6. The monoisotopic (exact) mass is 709 g/mol. The van der Waals surface area contributed by atoms with Gasteiger partial charge in [0.1, 0.15) is 12.4 Å². The number of carbonyl (C=O) groups excluding carboxylic acids is 2. The molecule has 3 heterocycles. The number of nitrogens with one attached hydrogen (secondary N) is 1. The van der Waals surface area contributed by atoms with Crippen LogP contribution in [0.15, 0.2) is 84.3 Å². The molecule has 1 aromatic heterocycles. The van der Waals surface area contributed by atoms with Crippen LogP contribution in [0.5, 0.6) is 0 Å². The Labute approximate surface area is 292 Å². The summed E-state index contributed by atoms with van der Waals surface area (Å²) in [5.41, 5.74) is 5.10. The molecule has 2 saturated heterocycles. The molecular weight excluding hydrogens is 671 g/mol. The van der Waals surface area contributed by atoms with Crippen LogP contribution in [0.4, 0.5) is 13.2 Å². The number of hydrogen-bond acceptors (Lipinski definition) is 8.